The Morgan fingerprint density at radius 2 is 2.24 bits per heavy atom. The predicted octanol–water partition coefficient (Wildman–Crippen LogP) is 2.20. The molecule has 2 rings (SSSR count). The first-order chi connectivity index (χ1) is 8.13. The number of hydrogen-bond donors (Lipinski definition) is 1. The lowest BCUT2D eigenvalue weighted by molar-refractivity contribution is -0.118. The van der Waals surface area contributed by atoms with Crippen molar-refractivity contribution < 1.29 is 9.59 Å². The molecule has 90 valence electrons. The van der Waals surface area contributed by atoms with E-state index in [9.17, 15) is 9.59 Å². The van der Waals surface area contributed by atoms with E-state index in [1.807, 2.05) is 25.2 Å². The van der Waals surface area contributed by atoms with Crippen molar-refractivity contribution in [2.75, 3.05) is 11.9 Å². The number of halogens is 1. The van der Waals surface area contributed by atoms with Gasteiger partial charge in [0.2, 0.25) is 5.91 Å². The fourth-order valence-corrected chi connectivity index (χ4v) is 2.44. The number of carbonyl (C=O) groups is 2. The first-order valence-electron chi connectivity index (χ1n) is 5.42. The lowest BCUT2D eigenvalue weighted by Crippen LogP contribution is -2.36. The van der Waals surface area contributed by atoms with Gasteiger partial charge in [-0.05, 0) is 30.7 Å². The van der Waals surface area contributed by atoms with Gasteiger partial charge < -0.3 is 5.32 Å². The zero-order chi connectivity index (χ0) is 12.4. The fraction of sp³-hybridized carbons (Fsp3) is 0.333. The van der Waals surface area contributed by atoms with Crippen LogP contribution < -0.4 is 10.2 Å². The lowest BCUT2D eigenvalue weighted by atomic mass is 9.99. The minimum absolute atomic E-state index is 0.152. The van der Waals surface area contributed by atoms with Crippen LogP contribution in [0.15, 0.2) is 18.2 Å². The number of nitrogens with zero attached hydrogens (tertiary/aromatic N) is 1. The molecule has 0 radical (unpaired) electrons. The number of hydrogen-bond acceptors (Lipinski definition) is 3. The van der Waals surface area contributed by atoms with Crippen molar-refractivity contribution in [2.45, 2.75) is 19.4 Å². The van der Waals surface area contributed by atoms with Crippen molar-refractivity contribution in [1.29, 1.82) is 0 Å². The molecular weight excluding hydrogens is 284 g/mol. The number of imide groups is 1. The third-order valence-electron chi connectivity index (χ3n) is 2.80. The van der Waals surface area contributed by atoms with Crippen molar-refractivity contribution >= 4 is 32.3 Å². The van der Waals surface area contributed by atoms with Crippen LogP contribution in [0.2, 0.25) is 0 Å². The number of aryl methyl sites for hydroxylation is 1. The number of amides is 2. The molecule has 0 fully saturated rings. The number of nitrogens with one attached hydrogen (secondary N) is 1. The smallest absolute Gasteiger partial charge is 0.300 e. The molecule has 0 bridgehead atoms. The number of rotatable bonds is 2. The highest BCUT2D eigenvalue weighted by Crippen LogP contribution is 2.30. The first kappa shape index (κ1) is 12.3. The van der Waals surface area contributed by atoms with Gasteiger partial charge in [-0.1, -0.05) is 12.1 Å². The van der Waals surface area contributed by atoms with E-state index in [0.29, 0.717) is 18.5 Å². The summed E-state index contributed by atoms with van der Waals surface area (Å²) in [5.74, 6) is -0.152. The monoisotopic (exact) mass is 296 g/mol. The third kappa shape index (κ3) is 2.40. The van der Waals surface area contributed by atoms with Crippen LogP contribution in [-0.2, 0) is 17.8 Å². The third-order valence-corrected chi connectivity index (χ3v) is 3.15. The molecule has 0 atom stereocenters. The molecule has 0 unspecified atom stereocenters. The van der Waals surface area contributed by atoms with Gasteiger partial charge in [0, 0.05) is 28.9 Å². The molecule has 1 aromatic carbocycles. The average Bonchev–Trinajstić information content (AvgIpc) is 2.29. The van der Waals surface area contributed by atoms with Crippen LogP contribution in [0.25, 0.3) is 0 Å². The molecule has 1 N–H and O–H groups in total. The van der Waals surface area contributed by atoms with Gasteiger partial charge in [-0.25, -0.2) is 4.90 Å². The lowest BCUT2D eigenvalue weighted by Gasteiger charge is -2.26. The zero-order valence-electron chi connectivity index (χ0n) is 9.50. The number of anilines is 1. The number of benzene rings is 1. The normalized spacial score (nSPS) is 14.7. The maximum absolute atomic E-state index is 11.7. The van der Waals surface area contributed by atoms with Crippen LogP contribution >= 0.6 is 15.9 Å². The van der Waals surface area contributed by atoms with Crippen LogP contribution in [0, 0.1) is 0 Å². The zero-order valence-corrected chi connectivity index (χ0v) is 11.1. The molecule has 17 heavy (non-hydrogen) atoms. The van der Waals surface area contributed by atoms with Crippen molar-refractivity contribution in [3.8, 4) is 0 Å². The van der Waals surface area contributed by atoms with Gasteiger partial charge in [-0.3, -0.25) is 9.59 Å². The summed E-state index contributed by atoms with van der Waals surface area (Å²) in [5.41, 5.74) is 2.90. The minimum Gasteiger partial charge on any atom is -0.316 e. The average molecular weight is 297 g/mol. The van der Waals surface area contributed by atoms with Gasteiger partial charge >= 0.3 is 4.82 Å². The van der Waals surface area contributed by atoms with Gasteiger partial charge in [0.1, 0.15) is 0 Å². The molecule has 4 nitrogen and oxygen atoms in total. The highest BCUT2D eigenvalue weighted by Gasteiger charge is 2.28. The highest BCUT2D eigenvalue weighted by atomic mass is 79.9. The van der Waals surface area contributed by atoms with E-state index >= 15 is 0 Å². The molecule has 1 aromatic rings. The van der Waals surface area contributed by atoms with E-state index in [-0.39, 0.29) is 5.91 Å². The van der Waals surface area contributed by atoms with Gasteiger partial charge in [0.25, 0.3) is 0 Å². The Morgan fingerprint density at radius 3 is 2.88 bits per heavy atom. The topological polar surface area (TPSA) is 49.4 Å². The fourth-order valence-electron chi connectivity index (χ4n) is 2.05. The summed E-state index contributed by atoms with van der Waals surface area (Å²) >= 11 is 2.85. The Balaban J connectivity index is 2.40. The molecule has 0 saturated carbocycles. The van der Waals surface area contributed by atoms with Gasteiger partial charge in [-0.2, -0.15) is 0 Å². The molecule has 1 heterocycles. The van der Waals surface area contributed by atoms with E-state index in [2.05, 4.69) is 21.2 Å². The summed E-state index contributed by atoms with van der Waals surface area (Å²) < 4.78 is 0. The summed E-state index contributed by atoms with van der Waals surface area (Å²) in [7, 11) is 1.89. The highest BCUT2D eigenvalue weighted by molar-refractivity contribution is 9.18. The Bertz CT molecular complexity index is 474. The Hall–Kier alpha value is -1.20. The molecule has 1 aliphatic rings. The van der Waals surface area contributed by atoms with E-state index in [1.165, 1.54) is 4.90 Å². The first-order valence-corrected chi connectivity index (χ1v) is 6.21. The largest absolute Gasteiger partial charge is 0.316 e. The van der Waals surface area contributed by atoms with E-state index < -0.39 is 4.82 Å². The molecule has 2 amide bonds. The van der Waals surface area contributed by atoms with Crippen LogP contribution in [0.4, 0.5) is 10.5 Å². The second-order valence-electron chi connectivity index (χ2n) is 3.98. The molecule has 1 aliphatic heterocycles. The van der Waals surface area contributed by atoms with Gasteiger partial charge in [0.15, 0.2) is 0 Å². The molecule has 0 aromatic heterocycles. The second-order valence-corrected chi connectivity index (χ2v) is 4.65. The summed E-state index contributed by atoms with van der Waals surface area (Å²) in [6, 6.07) is 5.80. The van der Waals surface area contributed by atoms with Gasteiger partial charge in [0.05, 0.1) is 5.69 Å². The van der Waals surface area contributed by atoms with Crippen LogP contribution in [0.3, 0.4) is 0 Å². The maximum Gasteiger partial charge on any atom is 0.300 e. The van der Waals surface area contributed by atoms with Crippen molar-refractivity contribution in [3.05, 3.63) is 29.3 Å². The second kappa shape index (κ2) is 4.98. The van der Waals surface area contributed by atoms with Crippen LogP contribution in [0.1, 0.15) is 17.5 Å². The summed E-state index contributed by atoms with van der Waals surface area (Å²) in [5, 5.41) is 3.08. The van der Waals surface area contributed by atoms with E-state index in [0.717, 1.165) is 17.7 Å². The Morgan fingerprint density at radius 1 is 1.47 bits per heavy atom. The Labute approximate surface area is 108 Å². The maximum atomic E-state index is 11.7. The van der Waals surface area contributed by atoms with Gasteiger partial charge in [-0.15, -0.1) is 0 Å². The Kier molecular flexibility index (Phi) is 3.59. The summed E-state index contributed by atoms with van der Waals surface area (Å²) in [4.78, 5) is 23.9. The minimum atomic E-state index is -0.398. The SMILES string of the molecule is CNCc1ccc2c(c1)CCC(=O)N2C(=O)Br. The molecule has 0 saturated heterocycles. The predicted molar refractivity (Wildman–Crippen MR) is 69.3 cm³/mol. The molecule has 5 heteroatoms. The number of fused-ring (bicyclic) bond motifs is 1. The van der Waals surface area contributed by atoms with Crippen LogP contribution in [0.5, 0.6) is 0 Å². The molecular formula is C12H13BrN2O2. The van der Waals surface area contributed by atoms with Crippen molar-refractivity contribution in [3.63, 3.8) is 0 Å². The quantitative estimate of drug-likeness (QED) is 0.672. The molecule has 0 aliphatic carbocycles. The summed E-state index contributed by atoms with van der Waals surface area (Å²) in [6.45, 7) is 0.781. The van der Waals surface area contributed by atoms with E-state index in [1.54, 1.807) is 0 Å². The van der Waals surface area contributed by atoms with Crippen LogP contribution in [-0.4, -0.2) is 17.8 Å². The number of carbonyl (C=O) groups excluding carboxylic acids is 2. The summed E-state index contributed by atoms with van der Waals surface area (Å²) in [6.07, 6.45) is 1.08. The standard InChI is InChI=1S/C12H13BrN2O2/c1-14-7-8-2-4-10-9(6-8)3-5-11(16)15(10)12(13)17/h2,4,6,14H,3,5,7H2,1H3. The van der Waals surface area contributed by atoms with E-state index in [4.69, 9.17) is 0 Å². The van der Waals surface area contributed by atoms with Crippen molar-refractivity contribution in [1.82, 2.24) is 5.32 Å². The molecule has 0 spiro atoms. The van der Waals surface area contributed by atoms with Crippen molar-refractivity contribution in [2.24, 2.45) is 0 Å².